The van der Waals surface area contributed by atoms with Crippen LogP contribution in [0.4, 0.5) is 0 Å². The Morgan fingerprint density at radius 1 is 1.20 bits per heavy atom. The van der Waals surface area contributed by atoms with Gasteiger partial charge < -0.3 is 4.74 Å². The zero-order chi connectivity index (χ0) is 10.8. The molecule has 0 fully saturated rings. The van der Waals surface area contributed by atoms with Gasteiger partial charge in [0.2, 0.25) is 11.2 Å². The molecule has 7 heteroatoms. The normalized spacial score (nSPS) is 10.6. The largest absolute Gasteiger partial charge is 0.476 e. The maximum Gasteiger partial charge on any atom is 0.245 e. The maximum absolute atomic E-state index is 5.85. The van der Waals surface area contributed by atoms with Gasteiger partial charge in [0.1, 0.15) is 11.8 Å². The van der Waals surface area contributed by atoms with E-state index in [0.29, 0.717) is 23.5 Å². The van der Waals surface area contributed by atoms with Gasteiger partial charge in [-0.25, -0.2) is 15.0 Å². The number of nitrogens with zero attached hydrogens (tertiary/aromatic N) is 4. The van der Waals surface area contributed by atoms with Gasteiger partial charge in [0.05, 0.1) is 6.61 Å². The molecule has 0 atom stereocenters. The molecule has 2 aromatic heterocycles. The lowest BCUT2D eigenvalue weighted by Gasteiger charge is -2.05. The summed E-state index contributed by atoms with van der Waals surface area (Å²) < 4.78 is 5.27. The average molecular weight is 245 g/mol. The van der Waals surface area contributed by atoms with Gasteiger partial charge in [-0.3, -0.25) is 0 Å². The second-order valence-electron chi connectivity index (χ2n) is 2.59. The Kier molecular flexibility index (Phi) is 2.83. The van der Waals surface area contributed by atoms with Crippen LogP contribution in [0.1, 0.15) is 6.92 Å². The first kappa shape index (κ1) is 10.3. The minimum Gasteiger partial charge on any atom is -0.476 e. The van der Waals surface area contributed by atoms with Gasteiger partial charge in [-0.1, -0.05) is 11.6 Å². The van der Waals surface area contributed by atoms with Gasteiger partial charge in [-0.05, 0) is 18.5 Å². The van der Waals surface area contributed by atoms with Crippen LogP contribution in [-0.4, -0.2) is 26.5 Å². The molecular weight excluding hydrogens is 239 g/mol. The molecule has 2 aromatic rings. The molecule has 0 saturated carbocycles. The zero-order valence-electron chi connectivity index (χ0n) is 7.74. The Morgan fingerprint density at radius 2 is 2.00 bits per heavy atom. The topological polar surface area (TPSA) is 60.8 Å². The number of ether oxygens (including phenoxy) is 1. The van der Waals surface area contributed by atoms with Crippen LogP contribution in [0.2, 0.25) is 10.4 Å². The third-order valence-corrected chi connectivity index (χ3v) is 2.10. The molecule has 0 aromatic carbocycles. The Labute approximate surface area is 95.4 Å². The summed E-state index contributed by atoms with van der Waals surface area (Å²) in [5, 5.41) is 0.285. The molecular formula is C8H6Cl2N4O. The van der Waals surface area contributed by atoms with Crippen molar-refractivity contribution in [2.45, 2.75) is 6.92 Å². The fraction of sp³-hybridized carbons (Fsp3) is 0.250. The molecule has 0 bridgehead atoms. The smallest absolute Gasteiger partial charge is 0.245 e. The molecule has 78 valence electrons. The third-order valence-electron chi connectivity index (χ3n) is 1.66. The summed E-state index contributed by atoms with van der Waals surface area (Å²) >= 11 is 11.6. The highest BCUT2D eigenvalue weighted by Crippen LogP contribution is 2.25. The number of halogens is 2. The molecule has 5 nitrogen and oxygen atoms in total. The van der Waals surface area contributed by atoms with Gasteiger partial charge in [0.25, 0.3) is 0 Å². The highest BCUT2D eigenvalue weighted by molar-refractivity contribution is 6.34. The third kappa shape index (κ3) is 1.93. The number of hydrogen-bond donors (Lipinski definition) is 0. The van der Waals surface area contributed by atoms with Crippen LogP contribution in [0.25, 0.3) is 11.0 Å². The summed E-state index contributed by atoms with van der Waals surface area (Å²) in [7, 11) is 0. The van der Waals surface area contributed by atoms with E-state index in [1.54, 1.807) is 0 Å². The predicted molar refractivity (Wildman–Crippen MR) is 56.3 cm³/mol. The van der Waals surface area contributed by atoms with E-state index in [-0.39, 0.29) is 10.4 Å². The minimum atomic E-state index is 0.0580. The summed E-state index contributed by atoms with van der Waals surface area (Å²) in [6.07, 6.45) is 1.32. The quantitative estimate of drug-likeness (QED) is 0.599. The van der Waals surface area contributed by atoms with Crippen LogP contribution in [0.5, 0.6) is 5.88 Å². The summed E-state index contributed by atoms with van der Waals surface area (Å²) in [5.74, 6) is 0.316. The lowest BCUT2D eigenvalue weighted by Crippen LogP contribution is -1.99. The van der Waals surface area contributed by atoms with Crippen molar-refractivity contribution >= 4 is 34.2 Å². The number of aromatic nitrogens is 4. The van der Waals surface area contributed by atoms with E-state index in [2.05, 4.69) is 19.9 Å². The molecule has 0 aliphatic carbocycles. The summed E-state index contributed by atoms with van der Waals surface area (Å²) in [6.45, 7) is 2.30. The number of hydrogen-bond acceptors (Lipinski definition) is 5. The van der Waals surface area contributed by atoms with Crippen molar-refractivity contribution in [3.05, 3.63) is 16.8 Å². The lowest BCUT2D eigenvalue weighted by atomic mass is 10.4. The number of rotatable bonds is 2. The van der Waals surface area contributed by atoms with Crippen molar-refractivity contribution in [1.29, 1.82) is 0 Å². The van der Waals surface area contributed by atoms with Gasteiger partial charge in [0.15, 0.2) is 10.7 Å². The molecule has 0 N–H and O–H groups in total. The Hall–Kier alpha value is -1.20. The standard InChI is InChI=1S/C8H6Cl2N4O/c1-2-15-7-5-4(13-8(10)14-7)6(9)12-3-11-5/h3H,2H2,1H3. The van der Waals surface area contributed by atoms with Gasteiger partial charge in [-0.15, -0.1) is 0 Å². The average Bonchev–Trinajstić information content (AvgIpc) is 2.20. The van der Waals surface area contributed by atoms with Crippen molar-refractivity contribution in [2.75, 3.05) is 6.61 Å². The molecule has 0 spiro atoms. The lowest BCUT2D eigenvalue weighted by molar-refractivity contribution is 0.330. The molecule has 2 rings (SSSR count). The van der Waals surface area contributed by atoms with E-state index >= 15 is 0 Å². The van der Waals surface area contributed by atoms with Gasteiger partial charge in [0, 0.05) is 0 Å². The van der Waals surface area contributed by atoms with Crippen molar-refractivity contribution in [3.8, 4) is 5.88 Å². The molecule has 0 aliphatic rings. The molecule has 0 aliphatic heterocycles. The molecule has 0 saturated heterocycles. The Balaban J connectivity index is 2.74. The fourth-order valence-corrected chi connectivity index (χ4v) is 1.44. The van der Waals surface area contributed by atoms with Crippen LogP contribution < -0.4 is 4.74 Å². The summed E-state index contributed by atoms with van der Waals surface area (Å²) in [6, 6.07) is 0. The highest BCUT2D eigenvalue weighted by atomic mass is 35.5. The SMILES string of the molecule is CCOc1nc(Cl)nc2c(Cl)ncnc12. The van der Waals surface area contributed by atoms with Crippen LogP contribution in [-0.2, 0) is 0 Å². The minimum absolute atomic E-state index is 0.0580. The molecule has 0 unspecified atom stereocenters. The molecule has 0 amide bonds. The molecule has 15 heavy (non-hydrogen) atoms. The van der Waals surface area contributed by atoms with Crippen molar-refractivity contribution in [3.63, 3.8) is 0 Å². The van der Waals surface area contributed by atoms with Crippen LogP contribution in [0.15, 0.2) is 6.33 Å². The Morgan fingerprint density at radius 3 is 2.73 bits per heavy atom. The van der Waals surface area contributed by atoms with Gasteiger partial charge in [-0.2, -0.15) is 4.98 Å². The molecule has 0 radical (unpaired) electrons. The number of fused-ring (bicyclic) bond motifs is 1. The van der Waals surface area contributed by atoms with E-state index in [0.717, 1.165) is 0 Å². The monoisotopic (exact) mass is 244 g/mol. The first-order valence-corrected chi connectivity index (χ1v) is 4.94. The first-order chi connectivity index (χ1) is 7.22. The molecule has 2 heterocycles. The van der Waals surface area contributed by atoms with Crippen LogP contribution in [0, 0.1) is 0 Å². The summed E-state index contributed by atoms with van der Waals surface area (Å²) in [4.78, 5) is 15.6. The Bertz CT molecular complexity index is 505. The fourth-order valence-electron chi connectivity index (χ4n) is 1.10. The van der Waals surface area contributed by atoms with E-state index in [4.69, 9.17) is 27.9 Å². The maximum atomic E-state index is 5.85. The van der Waals surface area contributed by atoms with E-state index < -0.39 is 0 Å². The summed E-state index contributed by atoms with van der Waals surface area (Å²) in [5.41, 5.74) is 0.851. The second kappa shape index (κ2) is 4.12. The van der Waals surface area contributed by atoms with E-state index in [9.17, 15) is 0 Å². The van der Waals surface area contributed by atoms with Crippen molar-refractivity contribution in [2.24, 2.45) is 0 Å². The van der Waals surface area contributed by atoms with E-state index in [1.165, 1.54) is 6.33 Å². The first-order valence-electron chi connectivity index (χ1n) is 4.19. The van der Waals surface area contributed by atoms with Crippen LogP contribution in [0.3, 0.4) is 0 Å². The van der Waals surface area contributed by atoms with Gasteiger partial charge >= 0.3 is 0 Å². The zero-order valence-corrected chi connectivity index (χ0v) is 9.25. The van der Waals surface area contributed by atoms with E-state index in [1.807, 2.05) is 6.92 Å². The van der Waals surface area contributed by atoms with Crippen molar-refractivity contribution in [1.82, 2.24) is 19.9 Å². The predicted octanol–water partition coefficient (Wildman–Crippen LogP) is 2.13. The van der Waals surface area contributed by atoms with Crippen LogP contribution >= 0.6 is 23.2 Å². The second-order valence-corrected chi connectivity index (χ2v) is 3.29. The van der Waals surface area contributed by atoms with Crippen molar-refractivity contribution < 1.29 is 4.74 Å². The highest BCUT2D eigenvalue weighted by Gasteiger charge is 2.11.